The Kier molecular flexibility index (Phi) is 3.99. The fraction of sp³-hybridized carbons (Fsp3) is 1.00. The van der Waals surface area contributed by atoms with Crippen molar-refractivity contribution in [2.75, 3.05) is 27.0 Å². The number of hydrogen-bond acceptors (Lipinski definition) is 1. The summed E-state index contributed by atoms with van der Waals surface area (Å²) in [7, 11) is 0. The molecule has 1 rings (SSSR count). The zero-order valence-corrected chi connectivity index (χ0v) is 9.06. The van der Waals surface area contributed by atoms with E-state index >= 15 is 0 Å². The molecule has 0 amide bonds. The summed E-state index contributed by atoms with van der Waals surface area (Å²) in [6, 6.07) is 0. The van der Waals surface area contributed by atoms with Crippen LogP contribution in [0.25, 0.3) is 0 Å². The van der Waals surface area contributed by atoms with Gasteiger partial charge in [-0.3, -0.25) is 0 Å². The summed E-state index contributed by atoms with van der Waals surface area (Å²) in [6.07, 6.45) is 1.34. The van der Waals surface area contributed by atoms with Crippen LogP contribution in [0.1, 0.15) is 13.3 Å². The van der Waals surface area contributed by atoms with E-state index < -0.39 is 19.8 Å². The zero-order valence-electron chi connectivity index (χ0n) is 6.90. The summed E-state index contributed by atoms with van der Waals surface area (Å²) in [5.41, 5.74) is 0. The van der Waals surface area contributed by atoms with E-state index in [9.17, 15) is 0 Å². The van der Waals surface area contributed by atoms with Gasteiger partial charge < -0.3 is 0 Å². The first-order valence-corrected chi connectivity index (χ1v) is 9.13. The van der Waals surface area contributed by atoms with Crippen LogP contribution in [0.4, 0.5) is 0 Å². The van der Waals surface area contributed by atoms with E-state index in [0.29, 0.717) is 0 Å². The van der Waals surface area contributed by atoms with E-state index in [-0.39, 0.29) is 0 Å². The molecule has 0 N–H and O–H groups in total. The maximum atomic E-state index is 5.33. The number of ether oxygens (including phenoxy) is 1. The first-order chi connectivity index (χ1) is 4.83. The van der Waals surface area contributed by atoms with Gasteiger partial charge in [0.05, 0.1) is 0 Å². The topological polar surface area (TPSA) is 9.23 Å². The molecule has 1 heterocycles. The Morgan fingerprint density at radius 1 is 1.60 bits per heavy atom. The third-order valence-corrected chi connectivity index (χ3v) is 7.32. The van der Waals surface area contributed by atoms with Crippen molar-refractivity contribution in [2.24, 2.45) is 5.92 Å². The molecule has 1 atom stereocenters. The molecule has 2 heteroatoms. The van der Waals surface area contributed by atoms with Gasteiger partial charge in [0.15, 0.2) is 0 Å². The Morgan fingerprint density at radius 2 is 2.40 bits per heavy atom. The molecule has 1 saturated heterocycles. The molecule has 0 spiro atoms. The molecule has 1 aliphatic rings. The van der Waals surface area contributed by atoms with Crippen molar-refractivity contribution in [3.8, 4) is 0 Å². The van der Waals surface area contributed by atoms with Crippen LogP contribution in [0.3, 0.4) is 0 Å². The van der Waals surface area contributed by atoms with Crippen molar-refractivity contribution >= 4 is 19.8 Å². The molecule has 0 aromatic rings. The third kappa shape index (κ3) is 2.74. The molecule has 0 aliphatic carbocycles. The second kappa shape index (κ2) is 4.54. The maximum absolute atomic E-state index is 5.33. The summed E-state index contributed by atoms with van der Waals surface area (Å²) in [5, 5.41) is 0. The van der Waals surface area contributed by atoms with Crippen LogP contribution in [-0.4, -0.2) is 27.0 Å². The molecular formula is C8H17IO. The summed E-state index contributed by atoms with van der Waals surface area (Å²) in [4.78, 5) is 2.49. The fourth-order valence-electron chi connectivity index (χ4n) is 1.19. The van der Waals surface area contributed by atoms with Crippen LogP contribution >= 0.6 is 19.8 Å². The van der Waals surface area contributed by atoms with Crippen LogP contribution in [0.15, 0.2) is 0 Å². The van der Waals surface area contributed by atoms with Crippen LogP contribution < -0.4 is 0 Å². The van der Waals surface area contributed by atoms with Gasteiger partial charge >= 0.3 is 70.8 Å². The molecule has 1 aliphatic heterocycles. The van der Waals surface area contributed by atoms with E-state index in [1.165, 1.54) is 15.3 Å². The van der Waals surface area contributed by atoms with E-state index in [2.05, 4.69) is 11.9 Å². The van der Waals surface area contributed by atoms with E-state index in [1.54, 1.807) is 0 Å². The SMILES string of the molecule is CCI(C)CC1CCOC1. The third-order valence-electron chi connectivity index (χ3n) is 1.96. The number of hydrogen-bond donors (Lipinski definition) is 0. The van der Waals surface area contributed by atoms with Gasteiger partial charge in [0, 0.05) is 0 Å². The van der Waals surface area contributed by atoms with Crippen molar-refractivity contribution in [2.45, 2.75) is 13.3 Å². The molecule has 10 heavy (non-hydrogen) atoms. The van der Waals surface area contributed by atoms with E-state index in [1.807, 2.05) is 0 Å². The van der Waals surface area contributed by atoms with E-state index in [0.717, 1.165) is 19.1 Å². The summed E-state index contributed by atoms with van der Waals surface area (Å²) < 4.78 is 8.33. The van der Waals surface area contributed by atoms with Gasteiger partial charge in [0.1, 0.15) is 0 Å². The Hall–Kier alpha value is 0.690. The Morgan fingerprint density at radius 3 is 2.90 bits per heavy atom. The quantitative estimate of drug-likeness (QED) is 0.555. The number of alkyl halides is 3. The standard InChI is InChI=1S/C8H17IO/c1-3-9(2)6-8-4-5-10-7-8/h8H,3-7H2,1-2H3. The summed E-state index contributed by atoms with van der Waals surface area (Å²) in [6.45, 7) is 4.42. The second-order valence-corrected chi connectivity index (χ2v) is 9.41. The minimum absolute atomic E-state index is 0.469. The minimum atomic E-state index is -0.469. The van der Waals surface area contributed by atoms with Gasteiger partial charge in [-0.2, -0.15) is 0 Å². The molecule has 0 aromatic carbocycles. The van der Waals surface area contributed by atoms with Crippen LogP contribution in [0, 0.1) is 5.92 Å². The molecule has 0 radical (unpaired) electrons. The Bertz CT molecular complexity index is 89.3. The van der Waals surface area contributed by atoms with Crippen LogP contribution in [0.5, 0.6) is 0 Å². The second-order valence-electron chi connectivity index (χ2n) is 2.87. The van der Waals surface area contributed by atoms with Gasteiger partial charge in [-0.15, -0.1) is 0 Å². The molecule has 1 fully saturated rings. The molecule has 62 valence electrons. The normalized spacial score (nSPS) is 27.0. The van der Waals surface area contributed by atoms with Gasteiger partial charge in [-0.05, 0) is 0 Å². The first kappa shape index (κ1) is 8.78. The van der Waals surface area contributed by atoms with Crippen molar-refractivity contribution < 1.29 is 4.74 Å². The van der Waals surface area contributed by atoms with E-state index in [4.69, 9.17) is 4.74 Å². The van der Waals surface area contributed by atoms with Crippen LogP contribution in [0.2, 0.25) is 0 Å². The number of rotatable bonds is 3. The van der Waals surface area contributed by atoms with Gasteiger partial charge in [-0.1, -0.05) is 0 Å². The molecule has 1 nitrogen and oxygen atoms in total. The van der Waals surface area contributed by atoms with Crippen molar-refractivity contribution in [1.29, 1.82) is 0 Å². The van der Waals surface area contributed by atoms with Gasteiger partial charge in [-0.25, -0.2) is 0 Å². The first-order valence-electron chi connectivity index (χ1n) is 3.92. The summed E-state index contributed by atoms with van der Waals surface area (Å²) in [5.74, 6) is 0.940. The predicted octanol–water partition coefficient (Wildman–Crippen LogP) is 2.18. The Labute approximate surface area is 70.9 Å². The summed E-state index contributed by atoms with van der Waals surface area (Å²) >= 11 is -0.469. The number of halogens is 1. The van der Waals surface area contributed by atoms with Crippen molar-refractivity contribution in [1.82, 2.24) is 0 Å². The molecule has 0 aromatic heterocycles. The van der Waals surface area contributed by atoms with Gasteiger partial charge in [0.2, 0.25) is 0 Å². The fourth-order valence-corrected chi connectivity index (χ4v) is 4.63. The Balaban J connectivity index is 2.11. The van der Waals surface area contributed by atoms with Crippen molar-refractivity contribution in [3.63, 3.8) is 0 Å². The van der Waals surface area contributed by atoms with Crippen molar-refractivity contribution in [3.05, 3.63) is 0 Å². The average Bonchev–Trinajstić information content (AvgIpc) is 2.40. The van der Waals surface area contributed by atoms with Gasteiger partial charge in [0.25, 0.3) is 0 Å². The zero-order chi connectivity index (χ0) is 7.40. The van der Waals surface area contributed by atoms with Crippen LogP contribution in [-0.2, 0) is 4.74 Å². The molecular weight excluding hydrogens is 239 g/mol. The predicted molar refractivity (Wildman–Crippen MR) is 54.3 cm³/mol. The molecule has 0 bridgehead atoms. The monoisotopic (exact) mass is 256 g/mol. The molecule has 1 unspecified atom stereocenters. The molecule has 0 saturated carbocycles. The average molecular weight is 256 g/mol.